The fourth-order valence-corrected chi connectivity index (χ4v) is 2.06. The van der Waals surface area contributed by atoms with E-state index in [1.54, 1.807) is 0 Å². The van der Waals surface area contributed by atoms with Gasteiger partial charge in [-0.1, -0.05) is 30.3 Å². The van der Waals surface area contributed by atoms with Gasteiger partial charge in [-0.25, -0.2) is 4.39 Å². The van der Waals surface area contributed by atoms with E-state index < -0.39 is 0 Å². The van der Waals surface area contributed by atoms with E-state index in [9.17, 15) is 9.18 Å². The van der Waals surface area contributed by atoms with E-state index in [1.165, 1.54) is 18.2 Å². The van der Waals surface area contributed by atoms with Crippen LogP contribution in [0.1, 0.15) is 22.3 Å². The molecule has 2 aromatic rings. The molecule has 0 atom stereocenters. The Labute approximate surface area is 104 Å². The van der Waals surface area contributed by atoms with Crippen molar-refractivity contribution >= 4 is 17.2 Å². The first-order valence-electron chi connectivity index (χ1n) is 5.70. The highest BCUT2D eigenvalue weighted by molar-refractivity contribution is 6.20. The summed E-state index contributed by atoms with van der Waals surface area (Å²) < 4.78 is 13.2. The molecule has 18 heavy (non-hydrogen) atoms. The van der Waals surface area contributed by atoms with E-state index in [0.717, 1.165) is 5.56 Å². The minimum absolute atomic E-state index is 0.0150. The van der Waals surface area contributed by atoms with Crippen LogP contribution in [-0.2, 0) is 0 Å². The molecule has 0 aliphatic carbocycles. The van der Waals surface area contributed by atoms with E-state index >= 15 is 0 Å². The second-order valence-electron chi connectivity index (χ2n) is 4.19. The van der Waals surface area contributed by atoms with Gasteiger partial charge >= 0.3 is 0 Å². The molecule has 0 fully saturated rings. The molecule has 0 saturated carbocycles. The molecule has 1 aliphatic rings. The van der Waals surface area contributed by atoms with Gasteiger partial charge in [-0.3, -0.25) is 9.79 Å². The molecular weight excluding hydrogens is 229 g/mol. The molecule has 1 heterocycles. The normalized spacial score (nSPS) is 14.1. The first-order valence-corrected chi connectivity index (χ1v) is 5.70. The van der Waals surface area contributed by atoms with Crippen LogP contribution in [0.4, 0.5) is 10.1 Å². The summed E-state index contributed by atoms with van der Waals surface area (Å²) in [6.07, 6.45) is 0.267. The van der Waals surface area contributed by atoms with Crippen molar-refractivity contribution < 1.29 is 9.18 Å². The van der Waals surface area contributed by atoms with Crippen LogP contribution in [0.2, 0.25) is 0 Å². The minimum Gasteiger partial charge on any atom is -0.294 e. The molecule has 1 aliphatic heterocycles. The van der Waals surface area contributed by atoms with Gasteiger partial charge in [-0.15, -0.1) is 0 Å². The van der Waals surface area contributed by atoms with Crippen LogP contribution in [-0.4, -0.2) is 11.5 Å². The molecule has 0 spiro atoms. The largest absolute Gasteiger partial charge is 0.294 e. The monoisotopic (exact) mass is 239 g/mol. The summed E-state index contributed by atoms with van der Waals surface area (Å²) >= 11 is 0. The fourth-order valence-electron chi connectivity index (χ4n) is 2.06. The van der Waals surface area contributed by atoms with Crippen molar-refractivity contribution in [3.05, 3.63) is 65.5 Å². The summed E-state index contributed by atoms with van der Waals surface area (Å²) in [5.41, 5.74) is 2.51. The number of carbonyl (C=O) groups is 1. The zero-order valence-electron chi connectivity index (χ0n) is 9.56. The third-order valence-corrected chi connectivity index (χ3v) is 2.95. The van der Waals surface area contributed by atoms with Crippen LogP contribution in [0.25, 0.3) is 0 Å². The predicted molar refractivity (Wildman–Crippen MR) is 68.0 cm³/mol. The summed E-state index contributed by atoms with van der Waals surface area (Å²) in [6.45, 7) is 0. The highest BCUT2D eigenvalue weighted by atomic mass is 19.1. The third kappa shape index (κ3) is 1.84. The number of rotatable bonds is 1. The van der Waals surface area contributed by atoms with E-state index in [2.05, 4.69) is 4.99 Å². The van der Waals surface area contributed by atoms with Crippen molar-refractivity contribution in [3.63, 3.8) is 0 Å². The summed E-state index contributed by atoms with van der Waals surface area (Å²) in [4.78, 5) is 16.4. The zero-order valence-corrected chi connectivity index (χ0v) is 9.56. The summed E-state index contributed by atoms with van der Waals surface area (Å²) in [5.74, 6) is -0.390. The summed E-state index contributed by atoms with van der Waals surface area (Å²) in [6, 6.07) is 13.6. The molecule has 2 aromatic carbocycles. The number of Topliss-reactive ketones (excluding diaryl/α,β-unsaturated/α-hetero) is 1. The molecule has 3 rings (SSSR count). The van der Waals surface area contributed by atoms with Crippen LogP contribution >= 0.6 is 0 Å². The molecule has 0 amide bonds. The van der Waals surface area contributed by atoms with Crippen molar-refractivity contribution in [1.29, 1.82) is 0 Å². The summed E-state index contributed by atoms with van der Waals surface area (Å²) in [5, 5.41) is 0. The molecule has 0 aromatic heterocycles. The number of fused-ring (bicyclic) bond motifs is 1. The Morgan fingerprint density at radius 2 is 1.83 bits per heavy atom. The van der Waals surface area contributed by atoms with E-state index in [0.29, 0.717) is 17.0 Å². The first-order chi connectivity index (χ1) is 8.74. The van der Waals surface area contributed by atoms with Crippen LogP contribution in [0.5, 0.6) is 0 Å². The number of ketones is 1. The number of benzene rings is 2. The topological polar surface area (TPSA) is 29.4 Å². The molecule has 0 radical (unpaired) electrons. The molecule has 0 saturated heterocycles. The Hall–Kier alpha value is -2.29. The van der Waals surface area contributed by atoms with Gasteiger partial charge in [0.15, 0.2) is 5.78 Å². The minimum atomic E-state index is -0.375. The second-order valence-corrected chi connectivity index (χ2v) is 4.19. The van der Waals surface area contributed by atoms with Crippen molar-refractivity contribution in [2.24, 2.45) is 4.99 Å². The van der Waals surface area contributed by atoms with Crippen LogP contribution in [0.15, 0.2) is 53.5 Å². The van der Waals surface area contributed by atoms with Crippen molar-refractivity contribution in [1.82, 2.24) is 0 Å². The van der Waals surface area contributed by atoms with Gasteiger partial charge in [-0.05, 0) is 17.7 Å². The van der Waals surface area contributed by atoms with Gasteiger partial charge in [0, 0.05) is 11.6 Å². The maximum absolute atomic E-state index is 13.2. The third-order valence-electron chi connectivity index (χ3n) is 2.95. The van der Waals surface area contributed by atoms with Crippen LogP contribution in [0, 0.1) is 5.82 Å². The van der Waals surface area contributed by atoms with E-state index in [4.69, 9.17) is 0 Å². The van der Waals surface area contributed by atoms with Crippen LogP contribution in [0.3, 0.4) is 0 Å². The van der Waals surface area contributed by atoms with Crippen molar-refractivity contribution in [2.75, 3.05) is 0 Å². The summed E-state index contributed by atoms with van der Waals surface area (Å²) in [7, 11) is 0. The van der Waals surface area contributed by atoms with E-state index in [-0.39, 0.29) is 18.0 Å². The molecular formula is C15H10FNO. The molecule has 0 unspecified atom stereocenters. The molecule has 0 N–H and O–H groups in total. The molecule has 88 valence electrons. The second kappa shape index (κ2) is 4.18. The zero-order chi connectivity index (χ0) is 12.5. The van der Waals surface area contributed by atoms with Crippen molar-refractivity contribution in [2.45, 2.75) is 6.42 Å². The number of nitrogens with zero attached hydrogens (tertiary/aromatic N) is 1. The lowest BCUT2D eigenvalue weighted by Crippen LogP contribution is -2.14. The van der Waals surface area contributed by atoms with E-state index in [1.807, 2.05) is 30.3 Å². The maximum Gasteiger partial charge on any atom is 0.171 e. The Bertz CT molecular complexity index is 647. The highest BCUT2D eigenvalue weighted by Crippen LogP contribution is 2.28. The highest BCUT2D eigenvalue weighted by Gasteiger charge is 2.20. The SMILES string of the molecule is O=C1CC(c2ccccc2)=Nc2cc(F)ccc21. The maximum atomic E-state index is 13.2. The lowest BCUT2D eigenvalue weighted by molar-refractivity contribution is 0.1000. The number of hydrogen-bond donors (Lipinski definition) is 0. The van der Waals surface area contributed by atoms with Gasteiger partial charge < -0.3 is 0 Å². The van der Waals surface area contributed by atoms with Gasteiger partial charge in [0.1, 0.15) is 5.82 Å². The number of aliphatic imine (C=N–C) groups is 1. The average Bonchev–Trinajstić information content (AvgIpc) is 2.39. The Morgan fingerprint density at radius 3 is 2.61 bits per heavy atom. The molecule has 2 nitrogen and oxygen atoms in total. The smallest absolute Gasteiger partial charge is 0.171 e. The van der Waals surface area contributed by atoms with Gasteiger partial charge in [-0.2, -0.15) is 0 Å². The fraction of sp³-hybridized carbons (Fsp3) is 0.0667. The number of halogens is 1. The molecule has 0 bridgehead atoms. The number of hydrogen-bond acceptors (Lipinski definition) is 2. The number of carbonyl (C=O) groups excluding carboxylic acids is 1. The Morgan fingerprint density at radius 1 is 1.06 bits per heavy atom. The van der Waals surface area contributed by atoms with Gasteiger partial charge in [0.2, 0.25) is 0 Å². The Balaban J connectivity index is 2.13. The molecule has 3 heteroatoms. The Kier molecular flexibility index (Phi) is 2.52. The average molecular weight is 239 g/mol. The van der Waals surface area contributed by atoms with Gasteiger partial charge in [0.25, 0.3) is 0 Å². The standard InChI is InChI=1S/C15H10FNO/c16-11-6-7-12-14(8-11)17-13(9-15(12)18)10-4-2-1-3-5-10/h1-8H,9H2. The predicted octanol–water partition coefficient (Wildman–Crippen LogP) is 3.53. The quantitative estimate of drug-likeness (QED) is 0.748. The van der Waals surface area contributed by atoms with Gasteiger partial charge in [0.05, 0.1) is 17.8 Å². The lowest BCUT2D eigenvalue weighted by Gasteiger charge is -2.14. The van der Waals surface area contributed by atoms with Crippen LogP contribution < -0.4 is 0 Å². The van der Waals surface area contributed by atoms with Crippen molar-refractivity contribution in [3.8, 4) is 0 Å². The lowest BCUT2D eigenvalue weighted by atomic mass is 9.96. The first kappa shape index (κ1) is 10.8.